The molecule has 3 aromatic rings. The number of hydrogen-bond acceptors (Lipinski definition) is 3. The van der Waals surface area contributed by atoms with E-state index in [9.17, 15) is 44.3 Å². The largest absolute Gasteiger partial charge is 0.433 e. The molecule has 0 aliphatic carbocycles. The van der Waals surface area contributed by atoms with Crippen LogP contribution in [0.15, 0.2) is 47.3 Å². The number of alkyl halides is 9. The number of aromatic nitrogens is 2. The molecule has 0 unspecified atom stereocenters. The molecule has 0 amide bonds. The smallest absolute Gasteiger partial charge is 0.325 e. The summed E-state index contributed by atoms with van der Waals surface area (Å²) in [6.07, 6.45) is -15.7. The van der Waals surface area contributed by atoms with Crippen LogP contribution in [0.5, 0.6) is 0 Å². The first-order chi connectivity index (χ1) is 15.5. The average Bonchev–Trinajstić information content (AvgIpc) is 2.64. The Morgan fingerprint density at radius 1 is 0.765 bits per heavy atom. The van der Waals surface area contributed by atoms with Gasteiger partial charge in [-0.15, -0.1) is 0 Å². The second-order valence-corrected chi connectivity index (χ2v) is 7.52. The zero-order valence-corrected chi connectivity index (χ0v) is 17.5. The molecule has 1 heterocycles. The molecule has 34 heavy (non-hydrogen) atoms. The number of anilines is 2. The Kier molecular flexibility index (Phi) is 6.57. The molecule has 1 N–H and O–H groups in total. The molecule has 0 fully saturated rings. The molecule has 1 aromatic heterocycles. The fourth-order valence-electron chi connectivity index (χ4n) is 2.81. The summed E-state index contributed by atoms with van der Waals surface area (Å²) >= 11 is 11.7. The van der Waals surface area contributed by atoms with Crippen molar-refractivity contribution in [3.8, 4) is 5.69 Å². The number of nitrogens with zero attached hydrogens (tertiary/aromatic N) is 2. The van der Waals surface area contributed by atoms with Crippen molar-refractivity contribution >= 4 is 34.8 Å². The Morgan fingerprint density at radius 2 is 1.35 bits per heavy atom. The van der Waals surface area contributed by atoms with Crippen molar-refractivity contribution in [1.29, 1.82) is 0 Å². The summed E-state index contributed by atoms with van der Waals surface area (Å²) in [7, 11) is 0. The van der Waals surface area contributed by atoms with E-state index in [4.69, 9.17) is 23.2 Å². The predicted molar refractivity (Wildman–Crippen MR) is 105 cm³/mol. The van der Waals surface area contributed by atoms with Gasteiger partial charge in [-0.05, 0) is 36.4 Å². The van der Waals surface area contributed by atoms with Gasteiger partial charge >= 0.3 is 18.5 Å². The highest BCUT2D eigenvalue weighted by molar-refractivity contribution is 6.34. The molecule has 0 saturated heterocycles. The van der Waals surface area contributed by atoms with E-state index in [1.54, 1.807) is 0 Å². The van der Waals surface area contributed by atoms with Crippen molar-refractivity contribution in [2.45, 2.75) is 18.5 Å². The minimum Gasteiger partial charge on any atom is -0.325 e. The van der Waals surface area contributed by atoms with Gasteiger partial charge in [-0.3, -0.25) is 4.79 Å². The number of benzene rings is 2. The lowest BCUT2D eigenvalue weighted by Gasteiger charge is -2.20. The summed E-state index contributed by atoms with van der Waals surface area (Å²) in [6, 6.07) is 3.82. The SMILES string of the molecule is O=c1cc(C(F)(F)F)nc(Nc2ccc(C(F)(F)F)cc2C(F)(F)F)n1-c1cc(Cl)cc(Cl)c1. The molecule has 0 aliphatic heterocycles. The lowest BCUT2D eigenvalue weighted by Crippen LogP contribution is -2.26. The summed E-state index contributed by atoms with van der Waals surface area (Å²) in [6.45, 7) is 0. The summed E-state index contributed by atoms with van der Waals surface area (Å²) < 4.78 is 119. The number of nitrogens with one attached hydrogen (secondary N) is 1. The van der Waals surface area contributed by atoms with E-state index < -0.39 is 52.5 Å². The first-order valence-corrected chi connectivity index (χ1v) is 9.45. The van der Waals surface area contributed by atoms with Crippen LogP contribution in [0.4, 0.5) is 51.1 Å². The van der Waals surface area contributed by atoms with Gasteiger partial charge in [0, 0.05) is 16.1 Å². The highest BCUT2D eigenvalue weighted by Gasteiger charge is 2.39. The Balaban J connectivity index is 2.29. The second kappa shape index (κ2) is 8.69. The molecule has 0 radical (unpaired) electrons. The molecule has 2 aromatic carbocycles. The fraction of sp³-hybridized carbons (Fsp3) is 0.158. The molecule has 0 bridgehead atoms. The minimum absolute atomic E-state index is 0.0780. The van der Waals surface area contributed by atoms with E-state index in [1.807, 2.05) is 5.32 Å². The molecular weight excluding hydrogens is 528 g/mol. The van der Waals surface area contributed by atoms with Gasteiger partial charge in [-0.2, -0.15) is 39.5 Å². The van der Waals surface area contributed by atoms with Crippen LogP contribution in [0.1, 0.15) is 16.8 Å². The zero-order chi connectivity index (χ0) is 25.6. The van der Waals surface area contributed by atoms with Crippen LogP contribution >= 0.6 is 23.2 Å². The van der Waals surface area contributed by atoms with Crippen LogP contribution < -0.4 is 10.9 Å². The molecule has 0 spiro atoms. The highest BCUT2D eigenvalue weighted by atomic mass is 35.5. The molecule has 0 aliphatic rings. The summed E-state index contributed by atoms with van der Waals surface area (Å²) in [5.74, 6) is -1.08. The molecule has 182 valence electrons. The predicted octanol–water partition coefficient (Wildman–Crippen LogP) is 7.34. The quantitative estimate of drug-likeness (QED) is 0.357. The van der Waals surface area contributed by atoms with E-state index in [0.717, 1.165) is 12.1 Å². The third kappa shape index (κ3) is 5.58. The molecule has 15 heteroatoms. The molecular formula is C19H8Cl2F9N3O. The van der Waals surface area contributed by atoms with Crippen LogP contribution in [0.3, 0.4) is 0 Å². The van der Waals surface area contributed by atoms with Crippen molar-refractivity contribution in [2.24, 2.45) is 0 Å². The van der Waals surface area contributed by atoms with E-state index in [0.29, 0.717) is 10.6 Å². The Bertz CT molecular complexity index is 1280. The van der Waals surface area contributed by atoms with Crippen LogP contribution in [0, 0.1) is 0 Å². The van der Waals surface area contributed by atoms with Gasteiger partial charge < -0.3 is 5.32 Å². The molecule has 4 nitrogen and oxygen atoms in total. The van der Waals surface area contributed by atoms with Crippen molar-refractivity contribution in [3.05, 3.63) is 79.7 Å². The van der Waals surface area contributed by atoms with Gasteiger partial charge in [0.1, 0.15) is 0 Å². The Morgan fingerprint density at radius 3 is 1.85 bits per heavy atom. The minimum atomic E-state index is -5.35. The van der Waals surface area contributed by atoms with E-state index in [-0.39, 0.29) is 33.9 Å². The third-order valence-electron chi connectivity index (χ3n) is 4.21. The maximum atomic E-state index is 13.5. The first-order valence-electron chi connectivity index (χ1n) is 8.70. The third-order valence-corrected chi connectivity index (χ3v) is 4.65. The summed E-state index contributed by atoms with van der Waals surface area (Å²) in [5.41, 5.74) is -8.01. The highest BCUT2D eigenvalue weighted by Crippen LogP contribution is 2.40. The standard InChI is InChI=1S/C19H8Cl2F9N3O/c20-9-4-10(21)6-11(5-9)33-15(34)7-14(19(28,29)30)32-16(33)31-13-2-1-8(17(22,23)24)3-12(13)18(25,26)27/h1-7H,(H,31,32). The van der Waals surface area contributed by atoms with Gasteiger partial charge in [0.05, 0.1) is 22.5 Å². The average molecular weight is 536 g/mol. The van der Waals surface area contributed by atoms with Crippen LogP contribution in [-0.4, -0.2) is 9.55 Å². The molecule has 0 saturated carbocycles. The van der Waals surface area contributed by atoms with Gasteiger partial charge in [-0.25, -0.2) is 9.55 Å². The summed E-state index contributed by atoms with van der Waals surface area (Å²) in [5, 5.41) is 1.74. The first kappa shape index (κ1) is 25.7. The Hall–Kier alpha value is -2.93. The van der Waals surface area contributed by atoms with Crippen molar-refractivity contribution < 1.29 is 39.5 Å². The Labute approximate surface area is 193 Å². The molecule has 3 rings (SSSR count). The zero-order valence-electron chi connectivity index (χ0n) is 16.0. The van der Waals surface area contributed by atoms with E-state index in [2.05, 4.69) is 4.98 Å². The number of rotatable bonds is 3. The van der Waals surface area contributed by atoms with Crippen LogP contribution in [0.2, 0.25) is 10.0 Å². The van der Waals surface area contributed by atoms with Gasteiger partial charge in [0.25, 0.3) is 5.56 Å². The lowest BCUT2D eigenvalue weighted by atomic mass is 10.1. The van der Waals surface area contributed by atoms with E-state index in [1.165, 1.54) is 6.07 Å². The van der Waals surface area contributed by atoms with Crippen molar-refractivity contribution in [2.75, 3.05) is 5.32 Å². The van der Waals surface area contributed by atoms with Gasteiger partial charge in [0.15, 0.2) is 5.69 Å². The maximum absolute atomic E-state index is 13.5. The number of halogens is 11. The fourth-order valence-corrected chi connectivity index (χ4v) is 3.33. The van der Waals surface area contributed by atoms with Gasteiger partial charge in [-0.1, -0.05) is 23.2 Å². The normalized spacial score (nSPS) is 12.7. The van der Waals surface area contributed by atoms with Crippen molar-refractivity contribution in [1.82, 2.24) is 9.55 Å². The van der Waals surface area contributed by atoms with Crippen molar-refractivity contribution in [3.63, 3.8) is 0 Å². The lowest BCUT2D eigenvalue weighted by molar-refractivity contribution is -0.143. The van der Waals surface area contributed by atoms with E-state index >= 15 is 0 Å². The van der Waals surface area contributed by atoms with Crippen LogP contribution in [-0.2, 0) is 18.5 Å². The summed E-state index contributed by atoms with van der Waals surface area (Å²) in [4.78, 5) is 15.7. The molecule has 0 atom stereocenters. The van der Waals surface area contributed by atoms with Gasteiger partial charge in [0.2, 0.25) is 5.95 Å². The van der Waals surface area contributed by atoms with Crippen LogP contribution in [0.25, 0.3) is 5.69 Å². The monoisotopic (exact) mass is 535 g/mol. The number of hydrogen-bond donors (Lipinski definition) is 1. The topological polar surface area (TPSA) is 46.9 Å². The maximum Gasteiger partial charge on any atom is 0.433 e. The second-order valence-electron chi connectivity index (χ2n) is 6.64.